The summed E-state index contributed by atoms with van der Waals surface area (Å²) in [6.07, 6.45) is 0.332. The number of rotatable bonds is 4. The molecule has 0 saturated carbocycles. The van der Waals surface area contributed by atoms with E-state index in [4.69, 9.17) is 9.47 Å². The van der Waals surface area contributed by atoms with E-state index in [0.29, 0.717) is 6.42 Å². The number of hydrogen-bond donors (Lipinski definition) is 0. The summed E-state index contributed by atoms with van der Waals surface area (Å²) in [6.45, 7) is 5.22. The maximum Gasteiger partial charge on any atom is 0.341 e. The predicted octanol–water partition coefficient (Wildman–Crippen LogP) is 2.92. The molecule has 1 aliphatic heterocycles. The molecule has 1 aromatic carbocycles. The maximum absolute atomic E-state index is 13.8. The summed E-state index contributed by atoms with van der Waals surface area (Å²) in [5, 5.41) is 0. The van der Waals surface area contributed by atoms with E-state index in [-0.39, 0.29) is 12.2 Å². The van der Waals surface area contributed by atoms with Gasteiger partial charge >= 0.3 is 5.97 Å². The summed E-state index contributed by atoms with van der Waals surface area (Å²) in [4.78, 5) is 12.0. The van der Waals surface area contributed by atoms with Gasteiger partial charge in [0.25, 0.3) is 0 Å². The Morgan fingerprint density at radius 2 is 2.05 bits per heavy atom. The molecule has 0 aromatic heterocycles. The molecule has 1 fully saturated rings. The first kappa shape index (κ1) is 13.9. The van der Waals surface area contributed by atoms with Crippen LogP contribution in [0.2, 0.25) is 0 Å². The Hall–Kier alpha value is -1.49. The molecule has 104 valence electrons. The van der Waals surface area contributed by atoms with Gasteiger partial charge in [0, 0.05) is 5.56 Å². The van der Waals surface area contributed by atoms with E-state index in [1.807, 2.05) is 0 Å². The number of halogens is 2. The van der Waals surface area contributed by atoms with Crippen LogP contribution >= 0.6 is 0 Å². The molecule has 0 radical (unpaired) electrons. The highest BCUT2D eigenvalue weighted by Crippen LogP contribution is 2.58. The van der Waals surface area contributed by atoms with E-state index in [9.17, 15) is 13.6 Å². The average Bonchev–Trinajstić information content (AvgIpc) is 3.01. The maximum atomic E-state index is 13.8. The number of carbonyl (C=O) groups is 1. The van der Waals surface area contributed by atoms with Crippen LogP contribution in [0.15, 0.2) is 18.2 Å². The Labute approximate surface area is 110 Å². The standard InChI is InChI=1S/C14H16F2O3/c1-4-14(12(17)18-5-2)13(3,19-14)10-8-9(15)6-7-11(10)16/h6-8H,4-5H2,1-3H3. The molecule has 0 spiro atoms. The van der Waals surface area contributed by atoms with Crippen LogP contribution in [0.25, 0.3) is 0 Å². The molecule has 5 heteroatoms. The molecular formula is C14H16F2O3. The van der Waals surface area contributed by atoms with Crippen molar-refractivity contribution in [2.75, 3.05) is 6.61 Å². The minimum absolute atomic E-state index is 0.0439. The topological polar surface area (TPSA) is 38.8 Å². The number of esters is 1. The fourth-order valence-electron chi connectivity index (χ4n) is 2.50. The monoisotopic (exact) mass is 270 g/mol. The number of benzene rings is 1. The molecule has 3 nitrogen and oxygen atoms in total. The van der Waals surface area contributed by atoms with Crippen LogP contribution in [-0.2, 0) is 19.9 Å². The largest absolute Gasteiger partial charge is 0.464 e. The molecule has 2 rings (SSSR count). The van der Waals surface area contributed by atoms with Crippen molar-refractivity contribution in [3.05, 3.63) is 35.4 Å². The van der Waals surface area contributed by atoms with Gasteiger partial charge in [-0.2, -0.15) is 0 Å². The van der Waals surface area contributed by atoms with Crippen LogP contribution in [0.3, 0.4) is 0 Å². The van der Waals surface area contributed by atoms with E-state index >= 15 is 0 Å². The average molecular weight is 270 g/mol. The number of carbonyl (C=O) groups excluding carboxylic acids is 1. The molecular weight excluding hydrogens is 254 g/mol. The number of epoxide rings is 1. The van der Waals surface area contributed by atoms with Gasteiger partial charge in [-0.15, -0.1) is 0 Å². The van der Waals surface area contributed by atoms with Crippen LogP contribution in [0.4, 0.5) is 8.78 Å². The quantitative estimate of drug-likeness (QED) is 0.623. The van der Waals surface area contributed by atoms with E-state index < -0.39 is 28.8 Å². The van der Waals surface area contributed by atoms with Crippen molar-refractivity contribution in [1.29, 1.82) is 0 Å². The molecule has 0 aliphatic carbocycles. The zero-order valence-corrected chi connectivity index (χ0v) is 11.1. The molecule has 0 bridgehead atoms. The Morgan fingerprint density at radius 3 is 2.63 bits per heavy atom. The van der Waals surface area contributed by atoms with Crippen LogP contribution < -0.4 is 0 Å². The highest BCUT2D eigenvalue weighted by Gasteiger charge is 2.73. The Bertz CT molecular complexity index is 517. The van der Waals surface area contributed by atoms with E-state index in [1.54, 1.807) is 20.8 Å². The fourth-order valence-corrected chi connectivity index (χ4v) is 2.50. The zero-order chi connectivity index (χ0) is 14.3. The van der Waals surface area contributed by atoms with Gasteiger partial charge in [-0.05, 0) is 38.5 Å². The molecule has 1 saturated heterocycles. The summed E-state index contributed by atoms with van der Waals surface area (Å²) < 4.78 is 37.6. The lowest BCUT2D eigenvalue weighted by Crippen LogP contribution is -2.33. The normalized spacial score (nSPS) is 29.1. The summed E-state index contributed by atoms with van der Waals surface area (Å²) >= 11 is 0. The molecule has 2 atom stereocenters. The van der Waals surface area contributed by atoms with Gasteiger partial charge in [0.2, 0.25) is 0 Å². The highest BCUT2D eigenvalue weighted by molar-refractivity contribution is 5.85. The first-order chi connectivity index (χ1) is 8.91. The van der Waals surface area contributed by atoms with Crippen molar-refractivity contribution in [2.45, 2.75) is 38.4 Å². The molecule has 1 aliphatic rings. The van der Waals surface area contributed by atoms with Crippen LogP contribution in [0.1, 0.15) is 32.8 Å². The third kappa shape index (κ3) is 1.92. The van der Waals surface area contributed by atoms with E-state index in [0.717, 1.165) is 18.2 Å². The predicted molar refractivity (Wildman–Crippen MR) is 64.5 cm³/mol. The van der Waals surface area contributed by atoms with E-state index in [1.165, 1.54) is 0 Å². The summed E-state index contributed by atoms with van der Waals surface area (Å²) in [5.41, 5.74) is -2.36. The van der Waals surface area contributed by atoms with Crippen molar-refractivity contribution in [2.24, 2.45) is 0 Å². The third-order valence-corrected chi connectivity index (χ3v) is 3.65. The summed E-state index contributed by atoms with van der Waals surface area (Å²) in [6, 6.07) is 3.12. The van der Waals surface area contributed by atoms with Crippen molar-refractivity contribution in [3.8, 4) is 0 Å². The number of hydrogen-bond acceptors (Lipinski definition) is 3. The highest BCUT2D eigenvalue weighted by atomic mass is 19.1. The lowest BCUT2D eigenvalue weighted by Gasteiger charge is -2.15. The molecule has 0 amide bonds. The van der Waals surface area contributed by atoms with Crippen LogP contribution in [-0.4, -0.2) is 18.2 Å². The van der Waals surface area contributed by atoms with Crippen molar-refractivity contribution >= 4 is 5.97 Å². The van der Waals surface area contributed by atoms with Gasteiger partial charge < -0.3 is 9.47 Å². The Kier molecular flexibility index (Phi) is 3.34. The van der Waals surface area contributed by atoms with Gasteiger partial charge in [-0.1, -0.05) is 6.92 Å². The van der Waals surface area contributed by atoms with Gasteiger partial charge in [-0.25, -0.2) is 13.6 Å². The van der Waals surface area contributed by atoms with Crippen molar-refractivity contribution in [1.82, 2.24) is 0 Å². The molecule has 1 aromatic rings. The first-order valence-electron chi connectivity index (χ1n) is 6.24. The van der Waals surface area contributed by atoms with Crippen molar-refractivity contribution < 1.29 is 23.0 Å². The lowest BCUT2D eigenvalue weighted by atomic mass is 9.85. The fraction of sp³-hybridized carbons (Fsp3) is 0.500. The minimum atomic E-state index is -1.22. The van der Waals surface area contributed by atoms with Crippen LogP contribution in [0.5, 0.6) is 0 Å². The molecule has 19 heavy (non-hydrogen) atoms. The Morgan fingerprint density at radius 1 is 1.37 bits per heavy atom. The Balaban J connectivity index is 2.40. The first-order valence-corrected chi connectivity index (χ1v) is 6.24. The van der Waals surface area contributed by atoms with Gasteiger partial charge in [-0.3, -0.25) is 0 Å². The summed E-state index contributed by atoms with van der Waals surface area (Å²) in [5.74, 6) is -1.70. The van der Waals surface area contributed by atoms with Crippen molar-refractivity contribution in [3.63, 3.8) is 0 Å². The van der Waals surface area contributed by atoms with Gasteiger partial charge in [0.05, 0.1) is 6.61 Å². The van der Waals surface area contributed by atoms with Gasteiger partial charge in [0.1, 0.15) is 17.2 Å². The summed E-state index contributed by atoms with van der Waals surface area (Å²) in [7, 11) is 0. The molecule has 0 N–H and O–H groups in total. The minimum Gasteiger partial charge on any atom is -0.464 e. The molecule has 1 heterocycles. The lowest BCUT2D eigenvalue weighted by molar-refractivity contribution is -0.149. The third-order valence-electron chi connectivity index (χ3n) is 3.65. The SMILES string of the molecule is CCOC(=O)C1(CC)OC1(C)c1cc(F)ccc1F. The second-order valence-electron chi connectivity index (χ2n) is 4.66. The van der Waals surface area contributed by atoms with E-state index in [2.05, 4.69) is 0 Å². The van der Waals surface area contributed by atoms with Crippen LogP contribution in [0, 0.1) is 11.6 Å². The second kappa shape index (κ2) is 4.56. The second-order valence-corrected chi connectivity index (χ2v) is 4.66. The smallest absolute Gasteiger partial charge is 0.341 e. The van der Waals surface area contributed by atoms with Gasteiger partial charge in [0.15, 0.2) is 5.60 Å². The zero-order valence-electron chi connectivity index (χ0n) is 11.1. The molecule has 2 unspecified atom stereocenters. The number of ether oxygens (including phenoxy) is 2.